The van der Waals surface area contributed by atoms with E-state index in [0.717, 1.165) is 6.07 Å². The van der Waals surface area contributed by atoms with Gasteiger partial charge in [-0.1, -0.05) is 6.07 Å². The number of ether oxygens (including phenoxy) is 1. The largest absolute Gasteiger partial charge is 0.453 e. The summed E-state index contributed by atoms with van der Waals surface area (Å²) < 4.78 is 47.4. The molecule has 0 fully saturated rings. The lowest BCUT2D eigenvalue weighted by molar-refractivity contribution is -0.140. The first-order valence-electron chi connectivity index (χ1n) is 5.75. The van der Waals surface area contributed by atoms with Crippen molar-refractivity contribution in [2.24, 2.45) is 0 Å². The molecule has 1 aromatic carbocycles. The number of rotatable bonds is 1. The lowest BCUT2D eigenvalue weighted by Gasteiger charge is -2.07. The van der Waals surface area contributed by atoms with Gasteiger partial charge >= 0.3 is 17.9 Å². The topological polar surface area (TPSA) is 65.2 Å². The minimum atomic E-state index is -4.55. The first kappa shape index (κ1) is 13.3. The number of aromatic nitrogens is 2. The normalized spacial score (nSPS) is 12.0. The van der Waals surface area contributed by atoms with Crippen LogP contribution in [0.1, 0.15) is 5.69 Å². The summed E-state index contributed by atoms with van der Waals surface area (Å²) >= 11 is 0. The summed E-state index contributed by atoms with van der Waals surface area (Å²) in [7, 11) is 1.29. The van der Waals surface area contributed by atoms with Gasteiger partial charge in [0.25, 0.3) is 0 Å². The van der Waals surface area contributed by atoms with Crippen molar-refractivity contribution in [1.29, 1.82) is 0 Å². The molecule has 5 nitrogen and oxygen atoms in total. The van der Waals surface area contributed by atoms with Crippen LogP contribution in [0.25, 0.3) is 21.8 Å². The molecule has 0 N–H and O–H groups in total. The Bertz CT molecular complexity index is 903. The molecule has 3 rings (SSSR count). The fraction of sp³-hybridized carbons (Fsp3) is 0.154. The summed E-state index contributed by atoms with van der Waals surface area (Å²) in [5.74, 6) is 0. The second-order valence-corrected chi connectivity index (χ2v) is 4.23. The van der Waals surface area contributed by atoms with Gasteiger partial charge in [0.2, 0.25) is 0 Å². The Balaban J connectivity index is 2.33. The van der Waals surface area contributed by atoms with Gasteiger partial charge in [-0.3, -0.25) is 0 Å². The Morgan fingerprint density at radius 3 is 2.57 bits per heavy atom. The van der Waals surface area contributed by atoms with E-state index in [1.54, 1.807) is 0 Å². The van der Waals surface area contributed by atoms with E-state index in [1.165, 1.54) is 25.3 Å². The molecular formula is C13H7F3N2O3. The van der Waals surface area contributed by atoms with Gasteiger partial charge in [0, 0.05) is 5.39 Å². The molecule has 0 atom stereocenters. The Morgan fingerprint density at radius 1 is 1.14 bits per heavy atom. The molecule has 0 saturated carbocycles. The number of fused-ring (bicyclic) bond motifs is 2. The Labute approximate surface area is 115 Å². The predicted molar refractivity (Wildman–Crippen MR) is 67.1 cm³/mol. The van der Waals surface area contributed by atoms with Gasteiger partial charge in [0.15, 0.2) is 0 Å². The molecule has 3 aromatic rings. The zero-order valence-electron chi connectivity index (χ0n) is 10.6. The van der Waals surface area contributed by atoms with Crippen LogP contribution < -0.4 is 10.4 Å². The third-order valence-corrected chi connectivity index (χ3v) is 2.88. The maximum absolute atomic E-state index is 12.6. The van der Waals surface area contributed by atoms with Crippen LogP contribution in [0.3, 0.4) is 0 Å². The summed E-state index contributed by atoms with van der Waals surface area (Å²) in [6, 6.07) is 4.82. The van der Waals surface area contributed by atoms with Crippen molar-refractivity contribution in [2.75, 3.05) is 7.11 Å². The van der Waals surface area contributed by atoms with E-state index in [9.17, 15) is 18.0 Å². The maximum Gasteiger partial charge on any atom is 0.433 e. The van der Waals surface area contributed by atoms with E-state index in [1.807, 2.05) is 0 Å². The third-order valence-electron chi connectivity index (χ3n) is 2.88. The van der Waals surface area contributed by atoms with Crippen LogP contribution in [0.2, 0.25) is 0 Å². The smallest absolute Gasteiger partial charge is 0.433 e. The van der Waals surface area contributed by atoms with Crippen molar-refractivity contribution in [3.63, 3.8) is 0 Å². The van der Waals surface area contributed by atoms with Crippen LogP contribution in [0.15, 0.2) is 33.5 Å². The monoisotopic (exact) mass is 296 g/mol. The average molecular weight is 296 g/mol. The molecule has 2 heterocycles. The summed E-state index contributed by atoms with van der Waals surface area (Å²) in [6.45, 7) is 0. The van der Waals surface area contributed by atoms with E-state index >= 15 is 0 Å². The van der Waals surface area contributed by atoms with Gasteiger partial charge in [-0.05, 0) is 18.2 Å². The number of benzene rings is 1. The van der Waals surface area contributed by atoms with Gasteiger partial charge in [-0.25, -0.2) is 9.78 Å². The van der Waals surface area contributed by atoms with Crippen molar-refractivity contribution in [3.8, 4) is 6.08 Å². The van der Waals surface area contributed by atoms with Gasteiger partial charge in [-0.2, -0.15) is 18.2 Å². The molecule has 0 radical (unpaired) electrons. The number of alkyl halides is 3. The minimum Gasteiger partial charge on any atom is -0.453 e. The average Bonchev–Trinajstić information content (AvgIpc) is 2.43. The molecule has 0 saturated heterocycles. The quantitative estimate of drug-likeness (QED) is 0.646. The second kappa shape index (κ2) is 4.44. The van der Waals surface area contributed by atoms with Gasteiger partial charge in [-0.15, -0.1) is 0 Å². The molecule has 0 aliphatic rings. The standard InChI is InChI=1S/C13H7F3N2O3/c1-20-12-18-9-4-6-2-3-10(13(14,15)16)17-8(6)5-7(9)11(19)21-12/h2-5H,1H3. The highest BCUT2D eigenvalue weighted by Crippen LogP contribution is 2.29. The molecule has 108 valence electrons. The van der Waals surface area contributed by atoms with Crippen molar-refractivity contribution in [3.05, 3.63) is 40.4 Å². The van der Waals surface area contributed by atoms with Crippen molar-refractivity contribution in [1.82, 2.24) is 9.97 Å². The molecule has 0 bridgehead atoms. The SMILES string of the molecule is COc1nc2cc3ccc(C(F)(F)F)nc3cc2c(=O)o1. The molecule has 2 aromatic heterocycles. The summed E-state index contributed by atoms with van der Waals surface area (Å²) in [6.07, 6.45) is -4.77. The van der Waals surface area contributed by atoms with Crippen LogP contribution in [0, 0.1) is 0 Å². The first-order valence-corrected chi connectivity index (χ1v) is 5.75. The number of hydrogen-bond acceptors (Lipinski definition) is 5. The van der Waals surface area contributed by atoms with E-state index < -0.39 is 17.5 Å². The zero-order valence-corrected chi connectivity index (χ0v) is 10.6. The van der Waals surface area contributed by atoms with Crippen molar-refractivity contribution in [2.45, 2.75) is 6.18 Å². The molecular weight excluding hydrogens is 289 g/mol. The zero-order chi connectivity index (χ0) is 15.2. The summed E-state index contributed by atoms with van der Waals surface area (Å²) in [5.41, 5.74) is -1.48. The molecule has 0 aliphatic carbocycles. The fourth-order valence-electron chi connectivity index (χ4n) is 1.92. The van der Waals surface area contributed by atoms with Crippen LogP contribution in [-0.2, 0) is 6.18 Å². The third kappa shape index (κ3) is 2.28. The predicted octanol–water partition coefficient (Wildman–Crippen LogP) is 2.76. The maximum atomic E-state index is 12.6. The highest BCUT2D eigenvalue weighted by Gasteiger charge is 2.32. The van der Waals surface area contributed by atoms with Gasteiger partial charge < -0.3 is 9.15 Å². The van der Waals surface area contributed by atoms with Crippen LogP contribution in [0.5, 0.6) is 6.08 Å². The molecule has 0 spiro atoms. The van der Waals surface area contributed by atoms with E-state index in [2.05, 4.69) is 9.97 Å². The minimum absolute atomic E-state index is 0.0372. The van der Waals surface area contributed by atoms with Gasteiger partial charge in [0.1, 0.15) is 5.69 Å². The van der Waals surface area contributed by atoms with E-state index in [4.69, 9.17) is 9.15 Å². The number of halogens is 3. The molecule has 0 amide bonds. The molecule has 8 heteroatoms. The lowest BCUT2D eigenvalue weighted by Crippen LogP contribution is -2.08. The number of nitrogens with zero attached hydrogens (tertiary/aromatic N) is 2. The summed E-state index contributed by atoms with van der Waals surface area (Å²) in [5, 5.41) is 0.464. The van der Waals surface area contributed by atoms with Crippen LogP contribution >= 0.6 is 0 Å². The highest BCUT2D eigenvalue weighted by molar-refractivity contribution is 5.94. The van der Waals surface area contributed by atoms with E-state index in [-0.39, 0.29) is 22.5 Å². The Hall–Kier alpha value is -2.64. The number of methoxy groups -OCH3 is 1. The first-order chi connectivity index (χ1) is 9.88. The van der Waals surface area contributed by atoms with Crippen LogP contribution in [0.4, 0.5) is 13.2 Å². The second-order valence-electron chi connectivity index (χ2n) is 4.23. The van der Waals surface area contributed by atoms with Crippen molar-refractivity contribution < 1.29 is 22.3 Å². The number of pyridine rings is 1. The summed E-state index contributed by atoms with van der Waals surface area (Å²) in [4.78, 5) is 19.2. The van der Waals surface area contributed by atoms with Gasteiger partial charge in [0.05, 0.1) is 23.5 Å². The van der Waals surface area contributed by atoms with Crippen molar-refractivity contribution >= 4 is 21.8 Å². The Kier molecular flexibility index (Phi) is 2.82. The highest BCUT2D eigenvalue weighted by atomic mass is 19.4. The number of hydrogen-bond donors (Lipinski definition) is 0. The van der Waals surface area contributed by atoms with Crippen LogP contribution in [-0.4, -0.2) is 17.1 Å². The molecule has 0 unspecified atom stereocenters. The lowest BCUT2D eigenvalue weighted by atomic mass is 10.1. The Morgan fingerprint density at radius 2 is 1.90 bits per heavy atom. The van der Waals surface area contributed by atoms with E-state index in [0.29, 0.717) is 5.39 Å². The molecule has 21 heavy (non-hydrogen) atoms. The fourth-order valence-corrected chi connectivity index (χ4v) is 1.92. The molecule has 0 aliphatic heterocycles.